The number of benzene rings is 2. The Morgan fingerprint density at radius 1 is 1.04 bits per heavy atom. The van der Waals surface area contributed by atoms with E-state index in [0.717, 1.165) is 36.6 Å². The molecule has 1 fully saturated rings. The Hall–Kier alpha value is -2.69. The molecule has 1 aliphatic heterocycles. The number of nitrogens with one attached hydrogen (secondary N) is 1. The Morgan fingerprint density at radius 2 is 1.68 bits per heavy atom. The minimum atomic E-state index is -0.0253. The van der Waals surface area contributed by atoms with Gasteiger partial charge >= 0.3 is 0 Å². The number of hydrogen-bond acceptors (Lipinski definition) is 4. The summed E-state index contributed by atoms with van der Waals surface area (Å²) in [7, 11) is 0. The van der Waals surface area contributed by atoms with Crippen molar-refractivity contribution in [3.63, 3.8) is 0 Å². The van der Waals surface area contributed by atoms with Crippen molar-refractivity contribution in [1.29, 1.82) is 0 Å². The third kappa shape index (κ3) is 5.41. The van der Waals surface area contributed by atoms with Crippen molar-refractivity contribution >= 4 is 11.6 Å². The molecule has 1 aliphatic rings. The monoisotopic (exact) mass is 382 g/mol. The van der Waals surface area contributed by atoms with E-state index >= 15 is 0 Å². The van der Waals surface area contributed by atoms with Gasteiger partial charge in [-0.15, -0.1) is 0 Å². The molecule has 0 unspecified atom stereocenters. The van der Waals surface area contributed by atoms with Gasteiger partial charge in [-0.3, -0.25) is 4.79 Å². The summed E-state index contributed by atoms with van der Waals surface area (Å²) in [5.74, 6) is 1.74. The molecule has 0 spiro atoms. The lowest BCUT2D eigenvalue weighted by atomic mass is 10.1. The highest BCUT2D eigenvalue weighted by atomic mass is 16.5. The van der Waals surface area contributed by atoms with Gasteiger partial charge in [0.1, 0.15) is 17.6 Å². The fourth-order valence-corrected chi connectivity index (χ4v) is 3.48. The molecule has 0 radical (unpaired) electrons. The topological polar surface area (TPSA) is 50.8 Å². The third-order valence-electron chi connectivity index (χ3n) is 4.82. The summed E-state index contributed by atoms with van der Waals surface area (Å²) in [4.78, 5) is 13.5. The first-order valence-corrected chi connectivity index (χ1v) is 9.96. The summed E-state index contributed by atoms with van der Waals surface area (Å²) in [5.41, 5.74) is 2.26. The fraction of sp³-hybridized carbons (Fsp3) is 0.435. The molecule has 0 saturated carbocycles. The summed E-state index contributed by atoms with van der Waals surface area (Å²) < 4.78 is 11.9. The van der Waals surface area contributed by atoms with Gasteiger partial charge in [-0.05, 0) is 62.7 Å². The van der Waals surface area contributed by atoms with Gasteiger partial charge in [-0.25, -0.2) is 0 Å². The second-order valence-corrected chi connectivity index (χ2v) is 7.63. The molecule has 1 saturated heterocycles. The first kappa shape index (κ1) is 20.1. The molecule has 1 amide bonds. The lowest BCUT2D eigenvalue weighted by Gasteiger charge is -2.20. The minimum Gasteiger partial charge on any atom is -0.491 e. The van der Waals surface area contributed by atoms with Crippen LogP contribution < -0.4 is 19.7 Å². The summed E-state index contributed by atoms with van der Waals surface area (Å²) in [5, 5.41) is 2.89. The molecule has 28 heavy (non-hydrogen) atoms. The zero-order chi connectivity index (χ0) is 20.1. The maximum absolute atomic E-state index is 11.2. The van der Waals surface area contributed by atoms with Crippen molar-refractivity contribution in [2.24, 2.45) is 0 Å². The van der Waals surface area contributed by atoms with Gasteiger partial charge in [0.05, 0.1) is 18.7 Å². The highest BCUT2D eigenvalue weighted by molar-refractivity contribution is 5.73. The molecule has 150 valence electrons. The van der Waals surface area contributed by atoms with E-state index in [-0.39, 0.29) is 24.2 Å². The second-order valence-electron chi connectivity index (χ2n) is 7.63. The molecule has 5 heteroatoms. The highest BCUT2D eigenvalue weighted by Gasteiger charge is 2.24. The van der Waals surface area contributed by atoms with Gasteiger partial charge in [0, 0.05) is 25.6 Å². The predicted octanol–water partition coefficient (Wildman–Crippen LogP) is 4.33. The number of nitrogens with zero attached hydrogens (tertiary/aromatic N) is 1. The summed E-state index contributed by atoms with van der Waals surface area (Å²) >= 11 is 0. The standard InChI is InChI=1S/C23H30N2O3/c1-16(2)27-21-11-7-20(8-12-21)25-14-13-23(15-25)28-22-9-5-19(6-10-22)17(3)24-18(4)26/h5-12,16-17,23H,13-15H2,1-4H3,(H,24,26)/t17-,23+/m0/s1. The number of carbonyl (C=O) groups excluding carboxylic acids is 1. The van der Waals surface area contributed by atoms with Crippen LogP contribution in [0.4, 0.5) is 5.69 Å². The molecule has 1 N–H and O–H groups in total. The van der Waals surface area contributed by atoms with E-state index in [4.69, 9.17) is 9.47 Å². The Balaban J connectivity index is 1.53. The number of rotatable bonds is 7. The van der Waals surface area contributed by atoms with Gasteiger partial charge in [-0.1, -0.05) is 12.1 Å². The van der Waals surface area contributed by atoms with E-state index in [1.807, 2.05) is 57.2 Å². The molecule has 0 aromatic heterocycles. The fourth-order valence-electron chi connectivity index (χ4n) is 3.48. The lowest BCUT2D eigenvalue weighted by Crippen LogP contribution is -2.24. The second kappa shape index (κ2) is 9.00. The van der Waals surface area contributed by atoms with Crippen molar-refractivity contribution in [3.8, 4) is 11.5 Å². The zero-order valence-electron chi connectivity index (χ0n) is 17.1. The average Bonchev–Trinajstić information content (AvgIpc) is 3.10. The van der Waals surface area contributed by atoms with Crippen LogP contribution in [0.25, 0.3) is 0 Å². The van der Waals surface area contributed by atoms with Crippen molar-refractivity contribution in [3.05, 3.63) is 54.1 Å². The van der Waals surface area contributed by atoms with Crippen LogP contribution >= 0.6 is 0 Å². The summed E-state index contributed by atoms with van der Waals surface area (Å²) in [6.07, 6.45) is 1.35. The van der Waals surface area contributed by atoms with Crippen LogP contribution in [0.3, 0.4) is 0 Å². The number of anilines is 1. The molecule has 0 bridgehead atoms. The Kier molecular flexibility index (Phi) is 6.45. The predicted molar refractivity (Wildman–Crippen MR) is 112 cm³/mol. The lowest BCUT2D eigenvalue weighted by molar-refractivity contribution is -0.119. The first-order valence-electron chi connectivity index (χ1n) is 9.96. The minimum absolute atomic E-state index is 0.00355. The summed E-state index contributed by atoms with van der Waals surface area (Å²) in [6.45, 7) is 9.42. The van der Waals surface area contributed by atoms with E-state index in [9.17, 15) is 4.79 Å². The van der Waals surface area contributed by atoms with Crippen molar-refractivity contribution in [1.82, 2.24) is 5.32 Å². The normalized spacial score (nSPS) is 17.5. The molecular weight excluding hydrogens is 352 g/mol. The van der Waals surface area contributed by atoms with Crippen LogP contribution in [0.5, 0.6) is 11.5 Å². The molecule has 0 aliphatic carbocycles. The van der Waals surface area contributed by atoms with Crippen molar-refractivity contribution in [2.45, 2.75) is 52.4 Å². The van der Waals surface area contributed by atoms with Crippen LogP contribution in [-0.4, -0.2) is 31.2 Å². The number of hydrogen-bond donors (Lipinski definition) is 1. The van der Waals surface area contributed by atoms with Crippen LogP contribution in [0.2, 0.25) is 0 Å². The van der Waals surface area contributed by atoms with Gasteiger partial charge in [0.25, 0.3) is 0 Å². The van der Waals surface area contributed by atoms with E-state index < -0.39 is 0 Å². The first-order chi connectivity index (χ1) is 13.4. The SMILES string of the molecule is CC(=O)N[C@@H](C)c1ccc(O[C@@H]2CCN(c3ccc(OC(C)C)cc3)C2)cc1. The summed E-state index contributed by atoms with van der Waals surface area (Å²) in [6, 6.07) is 16.2. The Morgan fingerprint density at radius 3 is 2.29 bits per heavy atom. The number of carbonyl (C=O) groups is 1. The Labute approximate surface area is 167 Å². The van der Waals surface area contributed by atoms with Gasteiger partial charge in [0.2, 0.25) is 5.91 Å². The molecular formula is C23H30N2O3. The molecule has 2 aromatic carbocycles. The zero-order valence-corrected chi connectivity index (χ0v) is 17.1. The van der Waals surface area contributed by atoms with E-state index in [0.29, 0.717) is 0 Å². The quantitative estimate of drug-likeness (QED) is 0.774. The van der Waals surface area contributed by atoms with Gasteiger partial charge in [0.15, 0.2) is 0 Å². The number of amides is 1. The van der Waals surface area contributed by atoms with Crippen molar-refractivity contribution < 1.29 is 14.3 Å². The molecule has 5 nitrogen and oxygen atoms in total. The largest absolute Gasteiger partial charge is 0.491 e. The van der Waals surface area contributed by atoms with E-state index in [2.05, 4.69) is 22.3 Å². The maximum atomic E-state index is 11.2. The van der Waals surface area contributed by atoms with Gasteiger partial charge in [-0.2, -0.15) is 0 Å². The molecule has 3 rings (SSSR count). The van der Waals surface area contributed by atoms with E-state index in [1.54, 1.807) is 0 Å². The maximum Gasteiger partial charge on any atom is 0.217 e. The van der Waals surface area contributed by atoms with Gasteiger partial charge < -0.3 is 19.7 Å². The number of ether oxygens (including phenoxy) is 2. The third-order valence-corrected chi connectivity index (χ3v) is 4.82. The van der Waals surface area contributed by atoms with Crippen LogP contribution in [0, 0.1) is 0 Å². The molecule has 2 aromatic rings. The van der Waals surface area contributed by atoms with Crippen molar-refractivity contribution in [2.75, 3.05) is 18.0 Å². The smallest absolute Gasteiger partial charge is 0.217 e. The van der Waals surface area contributed by atoms with E-state index in [1.165, 1.54) is 12.6 Å². The molecule has 1 heterocycles. The highest BCUT2D eigenvalue weighted by Crippen LogP contribution is 2.26. The average molecular weight is 383 g/mol. The molecule has 2 atom stereocenters. The van der Waals surface area contributed by atoms with Crippen LogP contribution in [-0.2, 0) is 4.79 Å². The van der Waals surface area contributed by atoms with Crippen LogP contribution in [0.15, 0.2) is 48.5 Å². The Bertz CT molecular complexity index is 771. The van der Waals surface area contributed by atoms with Crippen LogP contribution in [0.1, 0.15) is 45.7 Å².